The van der Waals surface area contributed by atoms with Gasteiger partial charge in [0.25, 0.3) is 0 Å². The first-order chi connectivity index (χ1) is 12.8. The molecule has 4 rings (SSSR count). The Morgan fingerprint density at radius 2 is 1.77 bits per heavy atom. The molecule has 5 nitrogen and oxygen atoms in total. The van der Waals surface area contributed by atoms with Crippen molar-refractivity contribution in [2.75, 3.05) is 20.3 Å². The lowest BCUT2D eigenvalue weighted by molar-refractivity contribution is 0.297. The van der Waals surface area contributed by atoms with Crippen LogP contribution in [0, 0.1) is 0 Å². The maximum atomic E-state index is 5.80. The zero-order chi connectivity index (χ0) is 17.8. The molecular formula is C20H19NO4S. The molecule has 0 fully saturated rings. The standard InChI is InChI=1S/C20H19NO4S/c1-22-15-4-6-16(7-5-15)25-13-20-21-12-19(26-20)14-3-8-17-18(11-14)24-10-2-9-23-17/h3-8,11-12H,2,9-10,13H2,1H3. The first kappa shape index (κ1) is 16.7. The Hall–Kier alpha value is -2.73. The van der Waals surface area contributed by atoms with Crippen LogP contribution < -0.4 is 18.9 Å². The largest absolute Gasteiger partial charge is 0.497 e. The summed E-state index contributed by atoms with van der Waals surface area (Å²) in [4.78, 5) is 5.55. The molecule has 0 aliphatic carbocycles. The predicted molar refractivity (Wildman–Crippen MR) is 100 cm³/mol. The third kappa shape index (κ3) is 3.75. The lowest BCUT2D eigenvalue weighted by Gasteiger charge is -2.08. The lowest BCUT2D eigenvalue weighted by Crippen LogP contribution is -1.97. The smallest absolute Gasteiger partial charge is 0.161 e. The van der Waals surface area contributed by atoms with Crippen molar-refractivity contribution in [3.05, 3.63) is 53.7 Å². The van der Waals surface area contributed by atoms with E-state index in [1.54, 1.807) is 18.4 Å². The quantitative estimate of drug-likeness (QED) is 0.660. The van der Waals surface area contributed by atoms with Gasteiger partial charge in [-0.3, -0.25) is 0 Å². The average molecular weight is 369 g/mol. The minimum atomic E-state index is 0.432. The van der Waals surface area contributed by atoms with Gasteiger partial charge in [0.05, 0.1) is 25.2 Å². The minimum absolute atomic E-state index is 0.432. The molecule has 2 heterocycles. The molecule has 0 spiro atoms. The molecule has 6 heteroatoms. The normalized spacial score (nSPS) is 13.1. The summed E-state index contributed by atoms with van der Waals surface area (Å²) in [7, 11) is 1.65. The summed E-state index contributed by atoms with van der Waals surface area (Å²) >= 11 is 1.61. The van der Waals surface area contributed by atoms with Crippen LogP contribution in [-0.2, 0) is 6.61 Å². The SMILES string of the molecule is COc1ccc(OCc2ncc(-c3ccc4c(c3)OCCCO4)s2)cc1. The molecule has 26 heavy (non-hydrogen) atoms. The van der Waals surface area contributed by atoms with Gasteiger partial charge < -0.3 is 18.9 Å². The number of hydrogen-bond acceptors (Lipinski definition) is 6. The second-order valence-electron chi connectivity index (χ2n) is 5.79. The van der Waals surface area contributed by atoms with Gasteiger partial charge in [-0.2, -0.15) is 0 Å². The van der Waals surface area contributed by atoms with Crippen LogP contribution in [0.25, 0.3) is 10.4 Å². The van der Waals surface area contributed by atoms with E-state index in [-0.39, 0.29) is 0 Å². The van der Waals surface area contributed by atoms with Crippen molar-refractivity contribution in [1.82, 2.24) is 4.98 Å². The van der Waals surface area contributed by atoms with Gasteiger partial charge in [0.2, 0.25) is 0 Å². The van der Waals surface area contributed by atoms with Crippen LogP contribution in [-0.4, -0.2) is 25.3 Å². The summed E-state index contributed by atoms with van der Waals surface area (Å²) in [5.41, 5.74) is 1.07. The fourth-order valence-corrected chi connectivity index (χ4v) is 3.47. The van der Waals surface area contributed by atoms with Crippen molar-refractivity contribution < 1.29 is 18.9 Å². The number of thiazole rings is 1. The Balaban J connectivity index is 1.45. The Labute approximate surface area is 156 Å². The molecule has 0 radical (unpaired) electrons. The van der Waals surface area contributed by atoms with E-state index in [2.05, 4.69) is 4.98 Å². The highest BCUT2D eigenvalue weighted by molar-refractivity contribution is 7.15. The first-order valence-corrected chi connectivity index (χ1v) is 9.25. The van der Waals surface area contributed by atoms with E-state index in [1.165, 1.54) is 0 Å². The number of nitrogens with zero attached hydrogens (tertiary/aromatic N) is 1. The highest BCUT2D eigenvalue weighted by Gasteiger charge is 2.13. The number of benzene rings is 2. The van der Waals surface area contributed by atoms with E-state index < -0.39 is 0 Å². The molecule has 0 bridgehead atoms. The fraction of sp³-hybridized carbons (Fsp3) is 0.250. The molecule has 2 aromatic carbocycles. The summed E-state index contributed by atoms with van der Waals surface area (Å²) in [5.74, 6) is 3.20. The Kier molecular flexibility index (Phi) is 4.93. The highest BCUT2D eigenvalue weighted by Crippen LogP contribution is 2.36. The van der Waals surface area contributed by atoms with Gasteiger partial charge in [-0.1, -0.05) is 0 Å². The molecule has 1 aromatic heterocycles. The van der Waals surface area contributed by atoms with Gasteiger partial charge in [-0.15, -0.1) is 11.3 Å². The van der Waals surface area contributed by atoms with E-state index in [0.717, 1.165) is 44.9 Å². The number of fused-ring (bicyclic) bond motifs is 1. The fourth-order valence-electron chi connectivity index (χ4n) is 2.64. The minimum Gasteiger partial charge on any atom is -0.497 e. The Bertz CT molecular complexity index is 876. The third-order valence-corrected chi connectivity index (χ3v) is 5.03. The van der Waals surface area contributed by atoms with Crippen LogP contribution in [0.1, 0.15) is 11.4 Å². The number of methoxy groups -OCH3 is 1. The van der Waals surface area contributed by atoms with Crippen LogP contribution in [0.2, 0.25) is 0 Å². The average Bonchev–Trinajstić information content (AvgIpc) is 3.04. The van der Waals surface area contributed by atoms with E-state index in [4.69, 9.17) is 18.9 Å². The Morgan fingerprint density at radius 3 is 2.58 bits per heavy atom. The second-order valence-corrected chi connectivity index (χ2v) is 6.91. The Morgan fingerprint density at radius 1 is 1.00 bits per heavy atom. The summed E-state index contributed by atoms with van der Waals surface area (Å²) < 4.78 is 22.4. The molecule has 0 unspecified atom stereocenters. The topological polar surface area (TPSA) is 49.8 Å². The van der Waals surface area contributed by atoms with Gasteiger partial charge in [0.15, 0.2) is 11.5 Å². The zero-order valence-electron chi connectivity index (χ0n) is 14.4. The van der Waals surface area contributed by atoms with Gasteiger partial charge in [-0.25, -0.2) is 4.98 Å². The van der Waals surface area contributed by atoms with E-state index in [9.17, 15) is 0 Å². The second kappa shape index (κ2) is 7.66. The molecule has 0 saturated heterocycles. The van der Waals surface area contributed by atoms with E-state index in [0.29, 0.717) is 19.8 Å². The molecule has 134 valence electrons. The van der Waals surface area contributed by atoms with E-state index >= 15 is 0 Å². The molecular weight excluding hydrogens is 350 g/mol. The molecule has 3 aromatic rings. The molecule has 0 amide bonds. The number of ether oxygens (including phenoxy) is 4. The lowest BCUT2D eigenvalue weighted by atomic mass is 10.2. The van der Waals surface area contributed by atoms with Crippen molar-refractivity contribution in [2.24, 2.45) is 0 Å². The van der Waals surface area contributed by atoms with Crippen molar-refractivity contribution in [1.29, 1.82) is 0 Å². The molecule has 1 aliphatic heterocycles. The van der Waals surface area contributed by atoms with Gasteiger partial charge in [0, 0.05) is 12.6 Å². The molecule has 0 N–H and O–H groups in total. The van der Waals surface area contributed by atoms with Crippen molar-refractivity contribution >= 4 is 11.3 Å². The monoisotopic (exact) mass is 369 g/mol. The summed E-state index contributed by atoms with van der Waals surface area (Å²) in [6, 6.07) is 13.5. The van der Waals surface area contributed by atoms with Crippen LogP contribution >= 0.6 is 11.3 Å². The summed E-state index contributed by atoms with van der Waals surface area (Å²) in [6.07, 6.45) is 2.77. The van der Waals surface area contributed by atoms with Gasteiger partial charge in [0.1, 0.15) is 23.1 Å². The maximum Gasteiger partial charge on any atom is 0.161 e. The molecule has 1 aliphatic rings. The molecule has 0 saturated carbocycles. The van der Waals surface area contributed by atoms with Gasteiger partial charge >= 0.3 is 0 Å². The van der Waals surface area contributed by atoms with Crippen molar-refractivity contribution in [3.63, 3.8) is 0 Å². The third-order valence-electron chi connectivity index (χ3n) is 4.01. The van der Waals surface area contributed by atoms with Crippen LogP contribution in [0.15, 0.2) is 48.7 Å². The maximum absolute atomic E-state index is 5.80. The zero-order valence-corrected chi connectivity index (χ0v) is 15.3. The van der Waals surface area contributed by atoms with Crippen LogP contribution in [0.3, 0.4) is 0 Å². The number of hydrogen-bond donors (Lipinski definition) is 0. The summed E-state index contributed by atoms with van der Waals surface area (Å²) in [6.45, 7) is 1.81. The number of aromatic nitrogens is 1. The summed E-state index contributed by atoms with van der Waals surface area (Å²) in [5, 5.41) is 0.919. The molecule has 0 atom stereocenters. The highest BCUT2D eigenvalue weighted by atomic mass is 32.1. The van der Waals surface area contributed by atoms with Crippen molar-refractivity contribution in [2.45, 2.75) is 13.0 Å². The van der Waals surface area contributed by atoms with Crippen LogP contribution in [0.5, 0.6) is 23.0 Å². The van der Waals surface area contributed by atoms with E-state index in [1.807, 2.05) is 48.7 Å². The number of rotatable bonds is 5. The van der Waals surface area contributed by atoms with Crippen molar-refractivity contribution in [3.8, 4) is 33.4 Å². The van der Waals surface area contributed by atoms with Gasteiger partial charge in [-0.05, 0) is 48.0 Å². The predicted octanol–water partition coefficient (Wildman–Crippen LogP) is 4.56. The van der Waals surface area contributed by atoms with Crippen LogP contribution in [0.4, 0.5) is 0 Å². The first-order valence-electron chi connectivity index (χ1n) is 8.43.